The molecule has 0 aliphatic carbocycles. The van der Waals surface area contributed by atoms with Gasteiger partial charge in [0.2, 0.25) is 5.91 Å². The number of amides is 2. The number of β-lactam (4-membered cyclic amide) rings is 1. The Kier molecular flexibility index (Phi) is 5.35. The first-order valence-electron chi connectivity index (χ1n) is 9.18. The minimum absolute atomic E-state index is 0.0866. The van der Waals surface area contributed by atoms with Crippen LogP contribution in [0.2, 0.25) is 0 Å². The Morgan fingerprint density at radius 1 is 1.17 bits per heavy atom. The fraction of sp³-hybridized carbons (Fsp3) is 0.238. The van der Waals surface area contributed by atoms with E-state index in [1.165, 1.54) is 12.1 Å². The molecule has 2 atom stereocenters. The Bertz CT molecular complexity index is 975. The van der Waals surface area contributed by atoms with Gasteiger partial charge in [-0.1, -0.05) is 30.3 Å². The number of rotatable bonds is 6. The van der Waals surface area contributed by atoms with Gasteiger partial charge in [0.15, 0.2) is 18.9 Å². The molecule has 1 N–H and O–H groups in total. The summed E-state index contributed by atoms with van der Waals surface area (Å²) in [6.07, 6.45) is 5.44. The Labute approximate surface area is 172 Å². The van der Waals surface area contributed by atoms with E-state index in [1.54, 1.807) is 29.1 Å². The first-order chi connectivity index (χ1) is 14.0. The van der Waals surface area contributed by atoms with Crippen molar-refractivity contribution in [1.29, 1.82) is 0 Å². The van der Waals surface area contributed by atoms with Crippen LogP contribution in [0.1, 0.15) is 15.9 Å². The van der Waals surface area contributed by atoms with Crippen LogP contribution in [-0.2, 0) is 22.6 Å². The van der Waals surface area contributed by atoms with E-state index in [4.69, 9.17) is 0 Å². The van der Waals surface area contributed by atoms with Crippen molar-refractivity contribution < 1.29 is 24.1 Å². The molecule has 7 nitrogen and oxygen atoms in total. The zero-order valence-corrected chi connectivity index (χ0v) is 16.3. The number of hydrogen-bond donors (Lipinski definition) is 1. The Morgan fingerprint density at radius 2 is 1.90 bits per heavy atom. The molecule has 29 heavy (non-hydrogen) atoms. The molecule has 0 bridgehead atoms. The van der Waals surface area contributed by atoms with Gasteiger partial charge in [-0.25, -0.2) is 4.57 Å². The summed E-state index contributed by atoms with van der Waals surface area (Å²) in [6, 6.07) is 11.9. The lowest BCUT2D eigenvalue weighted by Crippen LogP contribution is -2.68. The fourth-order valence-corrected chi connectivity index (χ4v) is 4.64. The summed E-state index contributed by atoms with van der Waals surface area (Å²) < 4.78 is 1.85. The number of fused-ring (bicyclic) bond motifs is 1. The monoisotopic (exact) mass is 409 g/mol. The first kappa shape index (κ1) is 19.2. The number of nitrogens with zero attached hydrogens (tertiary/aromatic N) is 2. The molecule has 2 aliphatic rings. The van der Waals surface area contributed by atoms with Crippen LogP contribution in [0.5, 0.6) is 0 Å². The minimum atomic E-state index is -1.21. The maximum Gasteiger partial charge on any atom is 0.253 e. The molecular weight excluding hydrogens is 390 g/mol. The molecule has 1 saturated heterocycles. The highest BCUT2D eigenvalue weighted by molar-refractivity contribution is 8.00. The zero-order valence-electron chi connectivity index (χ0n) is 15.5. The van der Waals surface area contributed by atoms with Crippen molar-refractivity contribution in [3.05, 3.63) is 77.8 Å². The highest BCUT2D eigenvalue weighted by atomic mass is 32.2. The van der Waals surface area contributed by atoms with Crippen LogP contribution in [-0.4, -0.2) is 39.9 Å². The SMILES string of the molecule is O=C(Cc1ccccc1)N[C@@H]1C(=O)N2C=C(C[n+]3ccc(C(=O)[O-])cc3)CS[C@@H]12. The van der Waals surface area contributed by atoms with Gasteiger partial charge in [-0.2, -0.15) is 0 Å². The molecule has 1 aromatic carbocycles. The molecular formula is C21H19N3O4S. The number of thioether (sulfide) groups is 1. The van der Waals surface area contributed by atoms with E-state index in [0.717, 1.165) is 16.9 Å². The Morgan fingerprint density at radius 3 is 2.59 bits per heavy atom. The van der Waals surface area contributed by atoms with E-state index in [2.05, 4.69) is 5.32 Å². The lowest BCUT2D eigenvalue weighted by atomic mass is 10.1. The van der Waals surface area contributed by atoms with Gasteiger partial charge >= 0.3 is 0 Å². The second-order valence-corrected chi connectivity index (χ2v) is 8.09. The van der Waals surface area contributed by atoms with Crippen molar-refractivity contribution in [2.45, 2.75) is 24.4 Å². The number of aromatic carboxylic acids is 1. The lowest BCUT2D eigenvalue weighted by Gasteiger charge is -2.47. The second kappa shape index (κ2) is 8.08. The van der Waals surface area contributed by atoms with E-state index in [1.807, 2.05) is 41.1 Å². The molecule has 4 rings (SSSR count). The topological polar surface area (TPSA) is 93.4 Å². The largest absolute Gasteiger partial charge is 0.545 e. The third-order valence-electron chi connectivity index (χ3n) is 4.88. The van der Waals surface area contributed by atoms with Crippen molar-refractivity contribution in [3.63, 3.8) is 0 Å². The summed E-state index contributed by atoms with van der Waals surface area (Å²) in [5.41, 5.74) is 2.08. The average molecular weight is 409 g/mol. The molecule has 148 valence electrons. The molecule has 0 spiro atoms. The van der Waals surface area contributed by atoms with Crippen LogP contribution in [0, 0.1) is 0 Å². The number of hydrogen-bond acceptors (Lipinski definition) is 5. The van der Waals surface area contributed by atoms with E-state index in [-0.39, 0.29) is 29.2 Å². The fourth-order valence-electron chi connectivity index (χ4n) is 3.38. The van der Waals surface area contributed by atoms with Crippen LogP contribution >= 0.6 is 11.8 Å². The summed E-state index contributed by atoms with van der Waals surface area (Å²) >= 11 is 1.61. The van der Waals surface area contributed by atoms with Crippen LogP contribution in [0.15, 0.2) is 66.6 Å². The number of carboxylic acids is 1. The molecule has 2 aliphatic heterocycles. The molecule has 2 aromatic rings. The number of aromatic nitrogens is 1. The zero-order chi connectivity index (χ0) is 20.4. The van der Waals surface area contributed by atoms with Gasteiger partial charge < -0.3 is 20.1 Å². The minimum Gasteiger partial charge on any atom is -0.545 e. The number of nitrogens with one attached hydrogen (secondary N) is 1. The number of pyridine rings is 1. The summed E-state index contributed by atoms with van der Waals surface area (Å²) in [7, 11) is 0. The van der Waals surface area contributed by atoms with Crippen LogP contribution in [0.4, 0.5) is 0 Å². The molecule has 1 fully saturated rings. The predicted octanol–water partition coefficient (Wildman–Crippen LogP) is -0.136. The van der Waals surface area contributed by atoms with E-state index >= 15 is 0 Å². The number of carbonyl (C=O) groups is 3. The maximum atomic E-state index is 12.5. The highest BCUT2D eigenvalue weighted by Crippen LogP contribution is 2.36. The van der Waals surface area contributed by atoms with E-state index in [9.17, 15) is 19.5 Å². The first-order valence-corrected chi connectivity index (χ1v) is 10.2. The van der Waals surface area contributed by atoms with Crippen molar-refractivity contribution in [2.24, 2.45) is 0 Å². The maximum absolute atomic E-state index is 12.5. The molecule has 2 amide bonds. The van der Waals surface area contributed by atoms with Gasteiger partial charge in [0, 0.05) is 35.2 Å². The van der Waals surface area contributed by atoms with Crippen molar-refractivity contribution in [1.82, 2.24) is 10.2 Å². The number of carbonyl (C=O) groups excluding carboxylic acids is 3. The molecule has 0 radical (unpaired) electrons. The normalized spacial score (nSPS) is 20.3. The standard InChI is InChI=1S/C21H19N3O4S/c25-17(10-14-4-2-1-3-5-14)22-18-19(26)24-12-15(13-29-20(18)24)11-23-8-6-16(7-9-23)21(27)28/h1-9,12,18,20H,10-11,13H2,(H-,22,25,27,28)/t18-,20+/m1/s1. The van der Waals surface area contributed by atoms with E-state index < -0.39 is 12.0 Å². The van der Waals surface area contributed by atoms with E-state index in [0.29, 0.717) is 6.54 Å². The third-order valence-corrected chi connectivity index (χ3v) is 6.26. The average Bonchev–Trinajstić information content (AvgIpc) is 2.73. The molecule has 0 saturated carbocycles. The van der Waals surface area contributed by atoms with Crippen molar-refractivity contribution >= 4 is 29.5 Å². The number of benzene rings is 1. The van der Waals surface area contributed by atoms with Gasteiger partial charge in [0.1, 0.15) is 11.4 Å². The quantitative estimate of drug-likeness (QED) is 0.530. The lowest BCUT2D eigenvalue weighted by molar-refractivity contribution is -0.689. The van der Waals surface area contributed by atoms with Crippen LogP contribution in [0.25, 0.3) is 0 Å². The second-order valence-electron chi connectivity index (χ2n) is 6.99. The van der Waals surface area contributed by atoms with Gasteiger partial charge in [-0.05, 0) is 5.56 Å². The summed E-state index contributed by atoms with van der Waals surface area (Å²) in [5, 5.41) is 13.6. The summed E-state index contributed by atoms with van der Waals surface area (Å²) in [5.74, 6) is -0.750. The van der Waals surface area contributed by atoms with Crippen LogP contribution < -0.4 is 15.0 Å². The number of carboxylic acid groups (broad SMARTS) is 1. The van der Waals surface area contributed by atoms with Gasteiger partial charge in [0.25, 0.3) is 5.91 Å². The van der Waals surface area contributed by atoms with Crippen molar-refractivity contribution in [3.8, 4) is 0 Å². The van der Waals surface area contributed by atoms with Crippen molar-refractivity contribution in [2.75, 3.05) is 5.75 Å². The summed E-state index contributed by atoms with van der Waals surface area (Å²) in [6.45, 7) is 0.557. The smallest absolute Gasteiger partial charge is 0.253 e. The molecule has 8 heteroatoms. The molecule has 0 unspecified atom stereocenters. The third kappa shape index (κ3) is 4.17. The van der Waals surface area contributed by atoms with Crippen LogP contribution in [0.3, 0.4) is 0 Å². The summed E-state index contributed by atoms with van der Waals surface area (Å²) in [4.78, 5) is 37.2. The predicted molar refractivity (Wildman–Crippen MR) is 104 cm³/mol. The van der Waals surface area contributed by atoms with Gasteiger partial charge in [-0.15, -0.1) is 11.8 Å². The Balaban J connectivity index is 1.34. The van der Waals surface area contributed by atoms with Gasteiger partial charge in [-0.3, -0.25) is 9.59 Å². The molecule has 1 aromatic heterocycles. The van der Waals surface area contributed by atoms with Gasteiger partial charge in [0.05, 0.1) is 12.4 Å². The molecule has 3 heterocycles. The highest BCUT2D eigenvalue weighted by Gasteiger charge is 2.49. The Hall–Kier alpha value is -3.13.